The van der Waals surface area contributed by atoms with Crippen LogP contribution in [0.5, 0.6) is 0 Å². The van der Waals surface area contributed by atoms with Crippen LogP contribution in [0, 0.1) is 10.1 Å². The van der Waals surface area contributed by atoms with Gasteiger partial charge in [0.2, 0.25) is 0 Å². The van der Waals surface area contributed by atoms with Crippen molar-refractivity contribution in [3.63, 3.8) is 0 Å². The predicted molar refractivity (Wildman–Crippen MR) is 90.5 cm³/mol. The monoisotopic (exact) mass is 371 g/mol. The van der Waals surface area contributed by atoms with Crippen molar-refractivity contribution >= 4 is 32.2 Å². The van der Waals surface area contributed by atoms with E-state index in [0.717, 1.165) is 17.4 Å². The molecule has 0 atom stereocenters. The first-order chi connectivity index (χ1) is 11.2. The zero-order valence-electron chi connectivity index (χ0n) is 13.1. The van der Waals surface area contributed by atoms with Gasteiger partial charge in [0.15, 0.2) is 5.13 Å². The van der Waals surface area contributed by atoms with Gasteiger partial charge in [-0.1, -0.05) is 19.9 Å². The van der Waals surface area contributed by atoms with E-state index in [1.165, 1.54) is 18.2 Å². The van der Waals surface area contributed by atoms with E-state index in [0.29, 0.717) is 18.5 Å². The molecule has 2 N–H and O–H groups in total. The second-order valence-corrected chi connectivity index (χ2v) is 7.68. The molecule has 2 aromatic rings. The molecule has 0 saturated heterocycles. The molecule has 0 aliphatic heterocycles. The molecule has 1 aromatic carbocycles. The molecule has 0 aliphatic rings. The Morgan fingerprint density at radius 2 is 2.04 bits per heavy atom. The van der Waals surface area contributed by atoms with Crippen LogP contribution in [-0.4, -0.2) is 23.4 Å². The predicted octanol–water partition coefficient (Wildman–Crippen LogP) is 2.86. The fraction of sp³-hybridized carbons (Fsp3) is 0.357. The van der Waals surface area contributed by atoms with Crippen LogP contribution in [0.15, 0.2) is 34.5 Å². The number of thiazole rings is 1. The SMILES string of the molecule is CCC(O)(CC)c1csc(NS(=O)(=O)c2cccc([N+](=O)[O-])c2)n1. The van der Waals surface area contributed by atoms with Gasteiger partial charge in [-0.05, 0) is 18.9 Å². The van der Waals surface area contributed by atoms with Crippen molar-refractivity contribution in [1.29, 1.82) is 0 Å². The van der Waals surface area contributed by atoms with Crippen molar-refractivity contribution < 1.29 is 18.4 Å². The van der Waals surface area contributed by atoms with E-state index in [-0.39, 0.29) is 15.7 Å². The summed E-state index contributed by atoms with van der Waals surface area (Å²) in [4.78, 5) is 14.0. The quantitative estimate of drug-likeness (QED) is 0.570. The Kier molecular flexibility index (Phi) is 5.21. The summed E-state index contributed by atoms with van der Waals surface area (Å²) in [5.74, 6) is 0. The normalized spacial score (nSPS) is 12.1. The van der Waals surface area contributed by atoms with Crippen molar-refractivity contribution in [2.24, 2.45) is 0 Å². The Labute approximate surface area is 143 Å². The molecule has 0 fully saturated rings. The summed E-state index contributed by atoms with van der Waals surface area (Å²) in [6.07, 6.45) is 0.897. The average molecular weight is 371 g/mol. The van der Waals surface area contributed by atoms with Gasteiger partial charge in [-0.2, -0.15) is 0 Å². The van der Waals surface area contributed by atoms with Gasteiger partial charge in [-0.25, -0.2) is 13.4 Å². The molecular formula is C14H17N3O5S2. The molecule has 0 amide bonds. The zero-order chi connectivity index (χ0) is 18.0. The lowest BCUT2D eigenvalue weighted by Gasteiger charge is -2.22. The third-order valence-corrected chi connectivity index (χ3v) is 5.93. The summed E-state index contributed by atoms with van der Waals surface area (Å²) in [7, 11) is -4.00. The summed E-state index contributed by atoms with van der Waals surface area (Å²) < 4.78 is 27.0. The summed E-state index contributed by atoms with van der Waals surface area (Å²) in [5.41, 5.74) is -1.02. The van der Waals surface area contributed by atoms with Gasteiger partial charge in [-0.15, -0.1) is 11.3 Å². The summed E-state index contributed by atoms with van der Waals surface area (Å²) in [6.45, 7) is 3.63. The van der Waals surface area contributed by atoms with Crippen molar-refractivity contribution in [2.75, 3.05) is 4.72 Å². The van der Waals surface area contributed by atoms with Crippen molar-refractivity contribution in [1.82, 2.24) is 4.98 Å². The number of benzene rings is 1. The second-order valence-electron chi connectivity index (χ2n) is 5.14. The summed E-state index contributed by atoms with van der Waals surface area (Å²) in [5, 5.41) is 22.9. The smallest absolute Gasteiger partial charge is 0.270 e. The van der Waals surface area contributed by atoms with E-state index in [1.54, 1.807) is 5.38 Å². The molecule has 2 rings (SSSR count). The van der Waals surface area contributed by atoms with Crippen molar-refractivity contribution in [3.05, 3.63) is 45.5 Å². The minimum Gasteiger partial charge on any atom is -0.384 e. The second kappa shape index (κ2) is 6.83. The van der Waals surface area contributed by atoms with E-state index in [2.05, 4.69) is 9.71 Å². The highest BCUT2D eigenvalue weighted by Crippen LogP contribution is 2.31. The van der Waals surface area contributed by atoms with Crippen molar-refractivity contribution in [3.8, 4) is 0 Å². The van der Waals surface area contributed by atoms with Crippen LogP contribution in [0.1, 0.15) is 32.4 Å². The van der Waals surface area contributed by atoms with E-state index < -0.39 is 20.5 Å². The fourth-order valence-electron chi connectivity index (χ4n) is 2.08. The van der Waals surface area contributed by atoms with E-state index in [4.69, 9.17) is 0 Å². The Hall–Kier alpha value is -2.04. The molecule has 1 heterocycles. The van der Waals surface area contributed by atoms with Gasteiger partial charge in [0.1, 0.15) is 5.60 Å². The van der Waals surface area contributed by atoms with E-state index in [9.17, 15) is 23.6 Å². The maximum absolute atomic E-state index is 12.3. The number of hydrogen-bond acceptors (Lipinski definition) is 7. The Morgan fingerprint density at radius 1 is 1.38 bits per heavy atom. The van der Waals surface area contributed by atoms with Gasteiger partial charge in [-0.3, -0.25) is 14.8 Å². The third-order valence-electron chi connectivity index (χ3n) is 3.71. The van der Waals surface area contributed by atoms with Crippen LogP contribution in [0.4, 0.5) is 10.8 Å². The molecule has 0 radical (unpaired) electrons. The number of aliphatic hydroxyl groups is 1. The molecule has 0 bridgehead atoms. The third kappa shape index (κ3) is 3.71. The maximum Gasteiger partial charge on any atom is 0.270 e. The molecule has 0 aliphatic carbocycles. The van der Waals surface area contributed by atoms with Crippen LogP contribution >= 0.6 is 11.3 Å². The maximum atomic E-state index is 12.3. The number of non-ortho nitro benzene ring substituents is 1. The topological polar surface area (TPSA) is 122 Å². The Morgan fingerprint density at radius 3 is 2.62 bits per heavy atom. The van der Waals surface area contributed by atoms with Gasteiger partial charge in [0.25, 0.3) is 15.7 Å². The van der Waals surface area contributed by atoms with Crippen LogP contribution in [-0.2, 0) is 15.6 Å². The minimum atomic E-state index is -4.00. The lowest BCUT2D eigenvalue weighted by Crippen LogP contribution is -2.24. The molecular weight excluding hydrogens is 354 g/mol. The number of nitrogens with one attached hydrogen (secondary N) is 1. The van der Waals surface area contributed by atoms with Crippen molar-refractivity contribution in [2.45, 2.75) is 37.2 Å². The number of nitro groups is 1. The average Bonchev–Trinajstić information content (AvgIpc) is 3.02. The Balaban J connectivity index is 2.29. The lowest BCUT2D eigenvalue weighted by molar-refractivity contribution is -0.385. The highest BCUT2D eigenvalue weighted by molar-refractivity contribution is 7.93. The van der Waals surface area contributed by atoms with E-state index >= 15 is 0 Å². The highest BCUT2D eigenvalue weighted by Gasteiger charge is 2.28. The largest absolute Gasteiger partial charge is 0.384 e. The number of anilines is 1. The standard InChI is InChI=1S/C14H17N3O5S2/c1-3-14(18,4-2)12-9-23-13(15-12)16-24(21,22)11-7-5-6-10(8-11)17(19)20/h5-9,18H,3-4H2,1-2H3,(H,15,16). The van der Waals surface area contributed by atoms with Gasteiger partial charge >= 0.3 is 0 Å². The molecule has 1 aromatic heterocycles. The molecule has 130 valence electrons. The molecule has 0 spiro atoms. The van der Waals surface area contributed by atoms with E-state index in [1.807, 2.05) is 13.8 Å². The summed E-state index contributed by atoms with van der Waals surface area (Å²) in [6, 6.07) is 4.75. The molecule has 0 saturated carbocycles. The van der Waals surface area contributed by atoms with Gasteiger partial charge in [0.05, 0.1) is 15.5 Å². The minimum absolute atomic E-state index is 0.0943. The van der Waals surface area contributed by atoms with Crippen LogP contribution in [0.25, 0.3) is 0 Å². The number of nitro benzene ring substituents is 1. The molecule has 8 nitrogen and oxygen atoms in total. The first kappa shape index (κ1) is 18.3. The Bertz CT molecular complexity index is 844. The lowest BCUT2D eigenvalue weighted by atomic mass is 9.94. The fourth-order valence-corrected chi connectivity index (χ4v) is 4.18. The first-order valence-corrected chi connectivity index (χ1v) is 9.54. The van der Waals surface area contributed by atoms with Crippen LogP contribution in [0.3, 0.4) is 0 Å². The number of rotatable bonds is 7. The highest BCUT2D eigenvalue weighted by atomic mass is 32.2. The number of sulfonamides is 1. The summed E-state index contributed by atoms with van der Waals surface area (Å²) >= 11 is 1.04. The number of nitrogens with zero attached hydrogens (tertiary/aromatic N) is 2. The van der Waals surface area contributed by atoms with Crippen LogP contribution in [0.2, 0.25) is 0 Å². The molecule has 0 unspecified atom stereocenters. The molecule has 10 heteroatoms. The number of aromatic nitrogens is 1. The van der Waals surface area contributed by atoms with Gasteiger partial charge < -0.3 is 5.11 Å². The zero-order valence-corrected chi connectivity index (χ0v) is 14.7. The van der Waals surface area contributed by atoms with Crippen LogP contribution < -0.4 is 4.72 Å². The number of hydrogen-bond donors (Lipinski definition) is 2. The molecule has 24 heavy (non-hydrogen) atoms. The first-order valence-electron chi connectivity index (χ1n) is 7.17. The van der Waals surface area contributed by atoms with Gasteiger partial charge in [0, 0.05) is 17.5 Å².